The topological polar surface area (TPSA) is 97.1 Å². The molecule has 0 aliphatic carbocycles. The monoisotopic (exact) mass is 513 g/mol. The van der Waals surface area contributed by atoms with E-state index in [1.807, 2.05) is 35.8 Å². The van der Waals surface area contributed by atoms with Crippen molar-refractivity contribution in [2.24, 2.45) is 5.10 Å². The smallest absolute Gasteiger partial charge is 0.342 e. The van der Waals surface area contributed by atoms with E-state index in [9.17, 15) is 9.90 Å². The van der Waals surface area contributed by atoms with Crippen molar-refractivity contribution < 1.29 is 14.5 Å². The minimum atomic E-state index is -0.290. The quantitative estimate of drug-likeness (QED) is 0.162. The van der Waals surface area contributed by atoms with Gasteiger partial charge in [0, 0.05) is 0 Å². The number of rotatable bonds is 7. The van der Waals surface area contributed by atoms with Gasteiger partial charge in [-0.15, -0.1) is 5.10 Å². The van der Waals surface area contributed by atoms with Gasteiger partial charge in [-0.25, -0.2) is 5.43 Å². The van der Waals surface area contributed by atoms with Crippen molar-refractivity contribution in [2.75, 3.05) is 5.75 Å². The molecule has 0 aliphatic rings. The van der Waals surface area contributed by atoms with Crippen LogP contribution in [0.1, 0.15) is 44.4 Å². The second-order valence-electron chi connectivity index (χ2n) is 9.87. The number of aromatic nitrogens is 3. The average Bonchev–Trinajstić information content (AvgIpc) is 3.30. The molecule has 0 spiro atoms. The Morgan fingerprint density at radius 1 is 1.05 bits per heavy atom. The van der Waals surface area contributed by atoms with Crippen LogP contribution in [0.3, 0.4) is 0 Å². The minimum Gasteiger partial charge on any atom is -0.872 e. The van der Waals surface area contributed by atoms with E-state index < -0.39 is 0 Å². The molecule has 1 heterocycles. The minimum absolute atomic E-state index is 0.0599. The van der Waals surface area contributed by atoms with Gasteiger partial charge in [-0.05, 0) is 66.4 Å². The van der Waals surface area contributed by atoms with Gasteiger partial charge >= 0.3 is 5.16 Å². The van der Waals surface area contributed by atoms with E-state index in [0.717, 1.165) is 22.6 Å². The molecule has 1 aromatic heterocycles. The highest BCUT2D eigenvalue weighted by Gasteiger charge is 2.25. The normalized spacial score (nSPS) is 12.0. The van der Waals surface area contributed by atoms with E-state index >= 15 is 0 Å². The van der Waals surface area contributed by atoms with Gasteiger partial charge < -0.3 is 5.11 Å². The number of nitrogens with zero attached hydrogens (tertiary/aromatic N) is 3. The number of amides is 1. The van der Waals surface area contributed by atoms with Crippen molar-refractivity contribution in [3.63, 3.8) is 0 Å². The Morgan fingerprint density at radius 2 is 1.73 bits per heavy atom. The van der Waals surface area contributed by atoms with Gasteiger partial charge in [0.15, 0.2) is 0 Å². The third-order valence-corrected chi connectivity index (χ3v) is 6.88. The Morgan fingerprint density at radius 3 is 2.38 bits per heavy atom. The number of carbonyl (C=O) groups excluding carboxylic acids is 1. The van der Waals surface area contributed by atoms with Crippen LogP contribution in [0.15, 0.2) is 83.1 Å². The molecule has 0 fully saturated rings. The molecule has 0 unspecified atom stereocenters. The second-order valence-corrected chi connectivity index (χ2v) is 10.8. The largest absolute Gasteiger partial charge is 0.872 e. The van der Waals surface area contributed by atoms with Gasteiger partial charge in [-0.2, -0.15) is 9.67 Å². The third-order valence-electron chi connectivity index (χ3n) is 5.95. The van der Waals surface area contributed by atoms with Gasteiger partial charge in [-0.1, -0.05) is 80.6 Å². The Bertz CT molecular complexity index is 1420. The van der Waals surface area contributed by atoms with E-state index in [4.69, 9.17) is 0 Å². The van der Waals surface area contributed by atoms with Gasteiger partial charge in [0.1, 0.15) is 5.69 Å². The number of hydrazone groups is 1. The molecule has 0 radical (unpaired) electrons. The van der Waals surface area contributed by atoms with Crippen LogP contribution >= 0.6 is 11.8 Å². The summed E-state index contributed by atoms with van der Waals surface area (Å²) in [5.41, 5.74) is 7.87. The number of nitrogens with one attached hydrogen (secondary N) is 2. The number of hydrogen-bond donors (Lipinski definition) is 2. The Labute approximate surface area is 221 Å². The molecule has 0 atom stereocenters. The standard InChI is InChI=1S/C29H31N5O2S/c1-19-10-16-23(17-11-19)34-27(21-12-14-22(15-13-21)29(3,4)5)32-33-28(34)37-18-26(36)31-30-20(2)24-8-6-7-9-25(24)35/h6-17H,18H2,1-5H3,(H2,30,31,35,36). The molecule has 190 valence electrons. The molecule has 4 aromatic rings. The molecule has 0 saturated carbocycles. The second kappa shape index (κ2) is 11.0. The first-order valence-corrected chi connectivity index (χ1v) is 13.0. The molecular weight excluding hydrogens is 482 g/mol. The maximum Gasteiger partial charge on any atom is 0.342 e. The van der Waals surface area contributed by atoms with Gasteiger partial charge in [0.25, 0.3) is 11.7 Å². The lowest BCUT2D eigenvalue weighted by Crippen LogP contribution is -2.34. The SMILES string of the molecule is C/C(=N\NC(=O)CSc1n[nH]c(-c2ccc(C(C)(C)C)cc2)[n+]1-c1ccc(C)cc1)c1ccccc1[O-]. The molecule has 7 nitrogen and oxygen atoms in total. The van der Waals surface area contributed by atoms with Crippen LogP contribution in [0.4, 0.5) is 0 Å². The van der Waals surface area contributed by atoms with Crippen molar-refractivity contribution >= 4 is 23.4 Å². The summed E-state index contributed by atoms with van der Waals surface area (Å²) in [7, 11) is 0. The summed E-state index contributed by atoms with van der Waals surface area (Å²) in [5, 5.41) is 24.4. The highest BCUT2D eigenvalue weighted by atomic mass is 32.2. The molecule has 2 N–H and O–H groups in total. The fraction of sp³-hybridized carbons (Fsp3) is 0.241. The molecule has 0 saturated heterocycles. The zero-order valence-corrected chi connectivity index (χ0v) is 22.5. The van der Waals surface area contributed by atoms with Gasteiger partial charge in [-0.3, -0.25) is 4.79 Å². The Balaban J connectivity index is 1.56. The highest BCUT2D eigenvalue weighted by Crippen LogP contribution is 2.26. The Kier molecular flexibility index (Phi) is 7.78. The predicted molar refractivity (Wildman–Crippen MR) is 146 cm³/mol. The Hall–Kier alpha value is -3.91. The van der Waals surface area contributed by atoms with Crippen LogP contribution in [-0.2, 0) is 10.2 Å². The van der Waals surface area contributed by atoms with Crippen LogP contribution in [0.2, 0.25) is 0 Å². The molecule has 37 heavy (non-hydrogen) atoms. The summed E-state index contributed by atoms with van der Waals surface area (Å²) in [6, 6.07) is 23.2. The maximum atomic E-state index is 12.6. The number of aromatic amines is 1. The molecule has 0 aliphatic heterocycles. The van der Waals surface area contributed by atoms with Crippen molar-refractivity contribution in [3.8, 4) is 22.8 Å². The lowest BCUT2D eigenvalue weighted by molar-refractivity contribution is -0.625. The molecular formula is C29H31N5O2S. The number of para-hydroxylation sites is 1. The first kappa shape index (κ1) is 26.2. The lowest BCUT2D eigenvalue weighted by atomic mass is 9.87. The molecule has 0 bridgehead atoms. The highest BCUT2D eigenvalue weighted by molar-refractivity contribution is 7.99. The maximum absolute atomic E-state index is 12.6. The first-order chi connectivity index (χ1) is 17.6. The third kappa shape index (κ3) is 6.27. The predicted octanol–water partition coefficient (Wildman–Crippen LogP) is 4.67. The van der Waals surface area contributed by atoms with Crippen molar-refractivity contribution in [2.45, 2.75) is 45.2 Å². The number of thioether (sulfide) groups is 1. The van der Waals surface area contributed by atoms with Gasteiger partial charge in [0.2, 0.25) is 0 Å². The summed E-state index contributed by atoms with van der Waals surface area (Å²) < 4.78 is 2.02. The molecule has 1 amide bonds. The zero-order valence-electron chi connectivity index (χ0n) is 21.7. The summed E-state index contributed by atoms with van der Waals surface area (Å²) in [6.45, 7) is 10.3. The lowest BCUT2D eigenvalue weighted by Gasteiger charge is -2.18. The average molecular weight is 514 g/mol. The van der Waals surface area contributed by atoms with Crippen LogP contribution in [-0.4, -0.2) is 27.6 Å². The molecule has 3 aromatic carbocycles. The number of carbonyl (C=O) groups is 1. The number of hydrogen-bond acceptors (Lipinski definition) is 5. The van der Waals surface area contributed by atoms with Gasteiger partial charge in [0.05, 0.1) is 22.1 Å². The van der Waals surface area contributed by atoms with E-state index in [-0.39, 0.29) is 22.8 Å². The number of aryl methyl sites for hydroxylation is 1. The van der Waals surface area contributed by atoms with Crippen molar-refractivity contribution in [1.82, 2.24) is 15.6 Å². The van der Waals surface area contributed by atoms with E-state index in [0.29, 0.717) is 16.4 Å². The summed E-state index contributed by atoms with van der Waals surface area (Å²) in [5.74, 6) is 0.510. The summed E-state index contributed by atoms with van der Waals surface area (Å²) >= 11 is 1.31. The van der Waals surface area contributed by atoms with E-state index in [1.165, 1.54) is 23.4 Å². The fourth-order valence-corrected chi connectivity index (χ4v) is 4.54. The van der Waals surface area contributed by atoms with Crippen molar-refractivity contribution in [1.29, 1.82) is 0 Å². The van der Waals surface area contributed by atoms with E-state index in [2.05, 4.69) is 65.8 Å². The molecule has 4 rings (SSSR count). The number of H-pyrrole nitrogens is 1. The van der Waals surface area contributed by atoms with Crippen LogP contribution in [0, 0.1) is 6.92 Å². The summed E-state index contributed by atoms with van der Waals surface area (Å²) in [4.78, 5) is 12.6. The van der Waals surface area contributed by atoms with Crippen LogP contribution < -0.4 is 15.1 Å². The van der Waals surface area contributed by atoms with Crippen LogP contribution in [0.25, 0.3) is 17.1 Å². The molecule has 8 heteroatoms. The number of benzene rings is 3. The zero-order chi connectivity index (χ0) is 26.6. The summed E-state index contributed by atoms with van der Waals surface area (Å²) in [6.07, 6.45) is 0. The van der Waals surface area contributed by atoms with E-state index in [1.54, 1.807) is 25.1 Å². The fourth-order valence-electron chi connectivity index (χ4n) is 3.78. The van der Waals surface area contributed by atoms with Crippen molar-refractivity contribution in [3.05, 3.63) is 89.5 Å². The van der Waals surface area contributed by atoms with Crippen LogP contribution in [0.5, 0.6) is 5.75 Å². The first-order valence-electron chi connectivity index (χ1n) is 12.0.